The summed E-state index contributed by atoms with van der Waals surface area (Å²) in [5, 5.41) is 5.34. The molecule has 0 unspecified atom stereocenters. The molecule has 4 rings (SSSR count). The Kier molecular flexibility index (Phi) is 3.90. The van der Waals surface area contributed by atoms with Crippen LogP contribution in [-0.2, 0) is 0 Å². The summed E-state index contributed by atoms with van der Waals surface area (Å²) in [7, 11) is 0. The number of aromatic nitrogens is 3. The number of ether oxygens (including phenoxy) is 1. The minimum atomic E-state index is -4.74. The molecule has 0 N–H and O–H groups in total. The maximum Gasteiger partial charge on any atom is 0.573 e. The van der Waals surface area contributed by atoms with Crippen LogP contribution in [0.2, 0.25) is 0 Å². The second-order valence-corrected chi connectivity index (χ2v) is 6.18. The van der Waals surface area contributed by atoms with E-state index in [0.717, 1.165) is 31.2 Å². The van der Waals surface area contributed by atoms with Crippen molar-refractivity contribution in [3.63, 3.8) is 0 Å². The van der Waals surface area contributed by atoms with Crippen molar-refractivity contribution >= 4 is 17.3 Å². The van der Waals surface area contributed by atoms with E-state index >= 15 is 0 Å². The van der Waals surface area contributed by atoms with E-state index in [1.165, 1.54) is 30.5 Å². The average Bonchev–Trinajstić information content (AvgIpc) is 2.92. The van der Waals surface area contributed by atoms with Gasteiger partial charge in [-0.1, -0.05) is 6.42 Å². The highest BCUT2D eigenvalue weighted by atomic mass is 19.4. The van der Waals surface area contributed by atoms with E-state index in [1.807, 2.05) is 0 Å². The van der Waals surface area contributed by atoms with Crippen LogP contribution < -0.4 is 4.74 Å². The normalized spacial score (nSPS) is 15.0. The molecule has 26 heavy (non-hydrogen) atoms. The van der Waals surface area contributed by atoms with Gasteiger partial charge in [0, 0.05) is 17.7 Å². The van der Waals surface area contributed by atoms with Gasteiger partial charge in [-0.2, -0.15) is 5.10 Å². The summed E-state index contributed by atoms with van der Waals surface area (Å²) in [6.45, 7) is 0. The van der Waals surface area contributed by atoms with Crippen molar-refractivity contribution in [3.05, 3.63) is 47.8 Å². The number of carbonyl (C=O) groups is 1. The third kappa shape index (κ3) is 2.91. The van der Waals surface area contributed by atoms with Crippen LogP contribution in [0.3, 0.4) is 0 Å². The lowest BCUT2D eigenvalue weighted by molar-refractivity contribution is -0.274. The molecule has 1 aliphatic carbocycles. The van der Waals surface area contributed by atoms with Crippen molar-refractivity contribution in [3.8, 4) is 11.4 Å². The molecule has 1 aliphatic rings. The minimum absolute atomic E-state index is 0.273. The minimum Gasteiger partial charge on any atom is -0.406 e. The van der Waals surface area contributed by atoms with E-state index in [1.54, 1.807) is 10.7 Å². The molecule has 0 spiro atoms. The van der Waals surface area contributed by atoms with Gasteiger partial charge in [0.25, 0.3) is 0 Å². The van der Waals surface area contributed by atoms with Crippen LogP contribution in [0.5, 0.6) is 5.75 Å². The zero-order chi connectivity index (χ0) is 18.3. The molecule has 1 aromatic carbocycles. The third-order valence-electron chi connectivity index (χ3n) is 4.56. The number of hydrogen-bond donors (Lipinski definition) is 0. The van der Waals surface area contributed by atoms with Gasteiger partial charge in [-0.3, -0.25) is 4.79 Å². The summed E-state index contributed by atoms with van der Waals surface area (Å²) in [5.41, 5.74) is 2.39. The number of fused-ring (bicyclic) bond motifs is 1. The highest BCUT2D eigenvalue weighted by Crippen LogP contribution is 2.40. The van der Waals surface area contributed by atoms with Crippen molar-refractivity contribution in [2.45, 2.75) is 31.5 Å². The topological polar surface area (TPSA) is 57.0 Å². The predicted octanol–water partition coefficient (Wildman–Crippen LogP) is 4.40. The number of alkyl halides is 3. The van der Waals surface area contributed by atoms with Crippen LogP contribution in [-0.4, -0.2) is 27.4 Å². The quantitative estimate of drug-likeness (QED) is 0.647. The zero-order valence-corrected chi connectivity index (χ0v) is 13.5. The van der Waals surface area contributed by atoms with Gasteiger partial charge in [0.2, 0.25) is 0 Å². The zero-order valence-electron chi connectivity index (χ0n) is 13.5. The number of rotatable bonds is 4. The molecule has 8 heteroatoms. The lowest BCUT2D eigenvalue weighted by atomic mass is 9.81. The summed E-state index contributed by atoms with van der Waals surface area (Å²) in [6.07, 6.45) is 0.667. The fourth-order valence-electron chi connectivity index (χ4n) is 3.13. The Morgan fingerprint density at radius 2 is 1.88 bits per heavy atom. The Bertz CT molecular complexity index is 960. The van der Waals surface area contributed by atoms with Crippen LogP contribution in [0, 0.1) is 0 Å². The molecule has 0 radical (unpaired) electrons. The van der Waals surface area contributed by atoms with Gasteiger partial charge >= 0.3 is 6.36 Å². The molecular weight excluding hydrogens is 347 g/mol. The van der Waals surface area contributed by atoms with Crippen LogP contribution in [0.1, 0.15) is 41.2 Å². The predicted molar refractivity (Wildman–Crippen MR) is 87.5 cm³/mol. The second-order valence-electron chi connectivity index (χ2n) is 6.18. The molecule has 0 atom stereocenters. The molecule has 134 valence electrons. The maximum atomic E-state index is 12.3. The van der Waals surface area contributed by atoms with Gasteiger partial charge in [0.1, 0.15) is 5.75 Å². The lowest BCUT2D eigenvalue weighted by Gasteiger charge is -2.23. The molecule has 0 amide bonds. The fraction of sp³-hybridized carbons (Fsp3) is 0.278. The fourth-order valence-corrected chi connectivity index (χ4v) is 3.13. The van der Waals surface area contributed by atoms with Gasteiger partial charge in [-0.15, -0.1) is 13.2 Å². The summed E-state index contributed by atoms with van der Waals surface area (Å²) in [4.78, 5) is 15.8. The molecule has 3 aromatic rings. The number of aldehydes is 1. The molecule has 5 nitrogen and oxygen atoms in total. The Morgan fingerprint density at radius 1 is 1.15 bits per heavy atom. The number of carbonyl (C=O) groups excluding carboxylic acids is 1. The van der Waals surface area contributed by atoms with Gasteiger partial charge in [0.15, 0.2) is 11.9 Å². The average molecular weight is 361 g/mol. The SMILES string of the molecule is O=Cc1ccnc2c1c(C1CCC1)nn2-c1ccc(OC(F)(F)F)cc1. The maximum absolute atomic E-state index is 12.3. The van der Waals surface area contributed by atoms with Gasteiger partial charge in [-0.25, -0.2) is 9.67 Å². The van der Waals surface area contributed by atoms with Gasteiger partial charge in [-0.05, 0) is 43.2 Å². The monoisotopic (exact) mass is 361 g/mol. The first kappa shape index (κ1) is 16.6. The Morgan fingerprint density at radius 3 is 2.46 bits per heavy atom. The molecule has 2 heterocycles. The highest BCUT2D eigenvalue weighted by Gasteiger charge is 2.31. The summed E-state index contributed by atoms with van der Waals surface area (Å²) in [5.74, 6) is -0.0343. The third-order valence-corrected chi connectivity index (χ3v) is 4.56. The summed E-state index contributed by atoms with van der Waals surface area (Å²) >= 11 is 0. The summed E-state index contributed by atoms with van der Waals surface area (Å²) in [6, 6.07) is 7.05. The first-order valence-electron chi connectivity index (χ1n) is 8.15. The molecule has 2 aromatic heterocycles. The Hall–Kier alpha value is -2.90. The van der Waals surface area contributed by atoms with E-state index in [9.17, 15) is 18.0 Å². The molecule has 0 saturated heterocycles. The van der Waals surface area contributed by atoms with E-state index in [0.29, 0.717) is 22.3 Å². The van der Waals surface area contributed by atoms with E-state index in [-0.39, 0.29) is 11.7 Å². The highest BCUT2D eigenvalue weighted by molar-refractivity contribution is 5.97. The van der Waals surface area contributed by atoms with E-state index in [2.05, 4.69) is 14.8 Å². The smallest absolute Gasteiger partial charge is 0.406 e. The molecule has 1 fully saturated rings. The number of benzene rings is 1. The first-order valence-corrected chi connectivity index (χ1v) is 8.15. The van der Waals surface area contributed by atoms with E-state index in [4.69, 9.17) is 0 Å². The van der Waals surface area contributed by atoms with Gasteiger partial charge in [0.05, 0.1) is 16.8 Å². The number of pyridine rings is 1. The van der Waals surface area contributed by atoms with Crippen molar-refractivity contribution in [1.82, 2.24) is 14.8 Å². The van der Waals surface area contributed by atoms with Crippen LogP contribution in [0.4, 0.5) is 13.2 Å². The van der Waals surface area contributed by atoms with Crippen LogP contribution >= 0.6 is 0 Å². The molecule has 1 saturated carbocycles. The van der Waals surface area contributed by atoms with Crippen molar-refractivity contribution in [1.29, 1.82) is 0 Å². The second kappa shape index (κ2) is 6.12. The van der Waals surface area contributed by atoms with Crippen molar-refractivity contribution < 1.29 is 22.7 Å². The molecule has 0 aliphatic heterocycles. The van der Waals surface area contributed by atoms with Gasteiger partial charge < -0.3 is 4.74 Å². The molecular formula is C18H14F3N3O2. The lowest BCUT2D eigenvalue weighted by Crippen LogP contribution is -2.17. The Labute approximate surface area is 146 Å². The number of nitrogens with zero attached hydrogens (tertiary/aromatic N) is 3. The largest absolute Gasteiger partial charge is 0.573 e. The van der Waals surface area contributed by atoms with Crippen molar-refractivity contribution in [2.24, 2.45) is 0 Å². The molecule has 0 bridgehead atoms. The standard InChI is InChI=1S/C18H14F3N3O2/c19-18(20,21)26-14-6-4-13(5-7-14)24-17-15(12(10-25)8-9-22-17)16(23-24)11-2-1-3-11/h4-11H,1-3H2. The first-order chi connectivity index (χ1) is 12.5. The van der Waals surface area contributed by atoms with E-state index < -0.39 is 6.36 Å². The summed E-state index contributed by atoms with van der Waals surface area (Å²) < 4.78 is 42.4. The number of hydrogen-bond acceptors (Lipinski definition) is 4. The van der Waals surface area contributed by atoms with Crippen LogP contribution in [0.25, 0.3) is 16.7 Å². The van der Waals surface area contributed by atoms with Crippen molar-refractivity contribution in [2.75, 3.05) is 0 Å². The Balaban J connectivity index is 1.80. The van der Waals surface area contributed by atoms with Crippen LogP contribution in [0.15, 0.2) is 36.5 Å². The number of halogens is 3.